The summed E-state index contributed by atoms with van der Waals surface area (Å²) in [5.41, 5.74) is 1.88. The molecule has 0 spiro atoms. The Balaban J connectivity index is 2.12. The number of hydrogen-bond donors (Lipinski definition) is 1. The number of hydrogen-bond acceptors (Lipinski definition) is 4. The fourth-order valence-corrected chi connectivity index (χ4v) is 3.01. The zero-order valence-electron chi connectivity index (χ0n) is 11.8. The van der Waals surface area contributed by atoms with Crippen molar-refractivity contribution in [1.29, 1.82) is 0 Å². The van der Waals surface area contributed by atoms with Gasteiger partial charge in [-0.05, 0) is 24.6 Å². The van der Waals surface area contributed by atoms with Gasteiger partial charge in [-0.3, -0.25) is 4.18 Å². The first-order valence-corrected chi connectivity index (χ1v) is 8.07. The highest BCUT2D eigenvalue weighted by molar-refractivity contribution is 7.86. The van der Waals surface area contributed by atoms with Crippen molar-refractivity contribution >= 4 is 10.1 Å². The summed E-state index contributed by atoms with van der Waals surface area (Å²) in [4.78, 5) is 0.0969. The molecular formula is C16H18O4S. The van der Waals surface area contributed by atoms with Crippen LogP contribution in [-0.4, -0.2) is 26.2 Å². The average molecular weight is 306 g/mol. The Bertz CT molecular complexity index is 663. The van der Waals surface area contributed by atoms with E-state index in [0.717, 1.165) is 11.1 Å². The maximum absolute atomic E-state index is 12.2. The van der Waals surface area contributed by atoms with E-state index < -0.39 is 16.2 Å². The van der Waals surface area contributed by atoms with Crippen LogP contribution in [0, 0.1) is 6.92 Å². The molecule has 0 radical (unpaired) electrons. The van der Waals surface area contributed by atoms with Gasteiger partial charge in [-0.1, -0.05) is 48.0 Å². The van der Waals surface area contributed by atoms with E-state index in [1.54, 1.807) is 12.1 Å². The molecule has 1 atom stereocenters. The topological polar surface area (TPSA) is 63.6 Å². The van der Waals surface area contributed by atoms with Crippen LogP contribution in [0.1, 0.15) is 11.1 Å². The first-order valence-electron chi connectivity index (χ1n) is 6.66. The molecular weight excluding hydrogens is 288 g/mol. The fraction of sp³-hybridized carbons (Fsp3) is 0.250. The third-order valence-electron chi connectivity index (χ3n) is 3.08. The van der Waals surface area contributed by atoms with Gasteiger partial charge in [0.25, 0.3) is 10.1 Å². The molecule has 0 amide bonds. The summed E-state index contributed by atoms with van der Waals surface area (Å²) in [7, 11) is -3.87. The molecule has 0 aliphatic carbocycles. The van der Waals surface area contributed by atoms with E-state index in [9.17, 15) is 13.5 Å². The zero-order chi connectivity index (χ0) is 15.3. The predicted octanol–water partition coefficient (Wildman–Crippen LogP) is 2.30. The smallest absolute Gasteiger partial charge is 0.297 e. The predicted molar refractivity (Wildman–Crippen MR) is 80.5 cm³/mol. The van der Waals surface area contributed by atoms with Gasteiger partial charge in [0.15, 0.2) is 0 Å². The molecule has 0 heterocycles. The Morgan fingerprint density at radius 3 is 2.24 bits per heavy atom. The van der Waals surface area contributed by atoms with E-state index in [2.05, 4.69) is 0 Å². The van der Waals surface area contributed by atoms with Gasteiger partial charge in [0.1, 0.15) is 6.10 Å². The molecule has 0 saturated heterocycles. The lowest BCUT2D eigenvalue weighted by Gasteiger charge is -2.15. The highest BCUT2D eigenvalue weighted by Crippen LogP contribution is 2.17. The van der Waals surface area contributed by atoms with Crippen molar-refractivity contribution in [3.05, 3.63) is 65.7 Å². The van der Waals surface area contributed by atoms with Gasteiger partial charge in [-0.2, -0.15) is 8.42 Å². The summed E-state index contributed by atoms with van der Waals surface area (Å²) in [6.45, 7) is 1.52. The number of aliphatic hydroxyl groups excluding tert-OH is 1. The van der Waals surface area contributed by atoms with E-state index in [-0.39, 0.29) is 11.5 Å². The molecule has 0 aliphatic heterocycles. The van der Waals surface area contributed by atoms with E-state index in [1.807, 2.05) is 37.3 Å². The normalized spacial score (nSPS) is 13.0. The highest BCUT2D eigenvalue weighted by atomic mass is 32.2. The Morgan fingerprint density at radius 2 is 1.67 bits per heavy atom. The minimum atomic E-state index is -3.87. The second-order valence-electron chi connectivity index (χ2n) is 4.86. The summed E-state index contributed by atoms with van der Waals surface area (Å²) in [6.07, 6.45) is -0.457. The summed E-state index contributed by atoms with van der Waals surface area (Å²) < 4.78 is 29.5. The van der Waals surface area contributed by atoms with Gasteiger partial charge in [0.2, 0.25) is 0 Å². The van der Waals surface area contributed by atoms with Gasteiger partial charge >= 0.3 is 0 Å². The lowest BCUT2D eigenvalue weighted by molar-refractivity contribution is 0.121. The minimum Gasteiger partial charge on any atom is -0.394 e. The van der Waals surface area contributed by atoms with Crippen LogP contribution in [0.4, 0.5) is 0 Å². The van der Waals surface area contributed by atoms with Crippen LogP contribution < -0.4 is 0 Å². The molecule has 21 heavy (non-hydrogen) atoms. The summed E-state index contributed by atoms with van der Waals surface area (Å²) >= 11 is 0. The standard InChI is InChI=1S/C16H18O4S/c1-13-7-9-16(10-8-13)21(18,19)20-15(12-17)11-14-5-3-2-4-6-14/h2-10,15,17H,11-12H2,1H3. The molecule has 0 saturated carbocycles. The van der Waals surface area contributed by atoms with Crippen LogP contribution in [-0.2, 0) is 20.7 Å². The maximum atomic E-state index is 12.2. The van der Waals surface area contributed by atoms with Crippen molar-refractivity contribution in [1.82, 2.24) is 0 Å². The van der Waals surface area contributed by atoms with Crippen molar-refractivity contribution < 1.29 is 17.7 Å². The molecule has 0 aromatic heterocycles. The summed E-state index contributed by atoms with van der Waals surface area (Å²) in [6, 6.07) is 15.7. The van der Waals surface area contributed by atoms with Crippen LogP contribution in [0.15, 0.2) is 59.5 Å². The van der Waals surface area contributed by atoms with Gasteiger partial charge in [0.05, 0.1) is 11.5 Å². The van der Waals surface area contributed by atoms with Gasteiger partial charge in [-0.25, -0.2) is 0 Å². The maximum Gasteiger partial charge on any atom is 0.297 e. The van der Waals surface area contributed by atoms with Crippen molar-refractivity contribution in [3.63, 3.8) is 0 Å². The first-order chi connectivity index (χ1) is 10.0. The van der Waals surface area contributed by atoms with Crippen molar-refractivity contribution in [3.8, 4) is 0 Å². The van der Waals surface area contributed by atoms with Crippen LogP contribution in [0.3, 0.4) is 0 Å². The van der Waals surface area contributed by atoms with Crippen molar-refractivity contribution in [2.75, 3.05) is 6.61 Å². The first kappa shape index (κ1) is 15.7. The van der Waals surface area contributed by atoms with Crippen LogP contribution in [0.2, 0.25) is 0 Å². The quantitative estimate of drug-likeness (QED) is 0.832. The second kappa shape index (κ2) is 6.85. The third-order valence-corrected chi connectivity index (χ3v) is 4.46. The van der Waals surface area contributed by atoms with Gasteiger partial charge in [0, 0.05) is 6.42 Å². The van der Waals surface area contributed by atoms with E-state index >= 15 is 0 Å². The van der Waals surface area contributed by atoms with E-state index in [4.69, 9.17) is 4.18 Å². The molecule has 2 aromatic rings. The monoisotopic (exact) mass is 306 g/mol. The number of rotatable bonds is 6. The number of aryl methyl sites for hydroxylation is 1. The lowest BCUT2D eigenvalue weighted by atomic mass is 10.1. The van der Waals surface area contributed by atoms with Crippen molar-refractivity contribution in [2.24, 2.45) is 0 Å². The van der Waals surface area contributed by atoms with Gasteiger partial charge in [-0.15, -0.1) is 0 Å². The van der Waals surface area contributed by atoms with Crippen molar-refractivity contribution in [2.45, 2.75) is 24.3 Å². The third kappa shape index (κ3) is 4.39. The molecule has 2 aromatic carbocycles. The average Bonchev–Trinajstić information content (AvgIpc) is 2.48. The second-order valence-corrected chi connectivity index (χ2v) is 6.43. The van der Waals surface area contributed by atoms with E-state index in [0.29, 0.717) is 6.42 Å². The van der Waals surface area contributed by atoms with Gasteiger partial charge < -0.3 is 5.11 Å². The largest absolute Gasteiger partial charge is 0.394 e. The minimum absolute atomic E-state index is 0.0969. The molecule has 1 N–H and O–H groups in total. The fourth-order valence-electron chi connectivity index (χ4n) is 1.95. The molecule has 112 valence electrons. The van der Waals surface area contributed by atoms with E-state index in [1.165, 1.54) is 12.1 Å². The molecule has 4 nitrogen and oxygen atoms in total. The molecule has 5 heteroatoms. The molecule has 0 aliphatic rings. The van der Waals surface area contributed by atoms with Crippen LogP contribution in [0.25, 0.3) is 0 Å². The highest BCUT2D eigenvalue weighted by Gasteiger charge is 2.21. The molecule has 0 fully saturated rings. The summed E-state index contributed by atoms with van der Waals surface area (Å²) in [5.74, 6) is 0. The Morgan fingerprint density at radius 1 is 1.05 bits per heavy atom. The van der Waals surface area contributed by atoms with Crippen LogP contribution in [0.5, 0.6) is 0 Å². The number of aliphatic hydroxyl groups is 1. The number of benzene rings is 2. The Kier molecular flexibility index (Phi) is 5.12. The summed E-state index contributed by atoms with van der Waals surface area (Å²) in [5, 5.41) is 9.35. The van der Waals surface area contributed by atoms with Crippen LogP contribution >= 0.6 is 0 Å². The molecule has 1 unspecified atom stereocenters. The Labute approximate surface area is 125 Å². The Hall–Kier alpha value is -1.69. The zero-order valence-corrected chi connectivity index (χ0v) is 12.6. The lowest BCUT2D eigenvalue weighted by Crippen LogP contribution is -2.24. The molecule has 2 rings (SSSR count). The SMILES string of the molecule is Cc1ccc(S(=O)(=O)OC(CO)Cc2ccccc2)cc1. The molecule has 0 bridgehead atoms.